The molecule has 1 spiro atoms. The highest BCUT2D eigenvalue weighted by Crippen LogP contribution is 2.44. The van der Waals surface area contributed by atoms with Crippen molar-refractivity contribution in [3.8, 4) is 0 Å². The minimum absolute atomic E-state index is 0.0956. The van der Waals surface area contributed by atoms with Crippen molar-refractivity contribution in [3.63, 3.8) is 0 Å². The molecule has 2 aliphatic heterocycles. The van der Waals surface area contributed by atoms with Crippen molar-refractivity contribution in [3.05, 3.63) is 17.3 Å². The number of rotatable bonds is 7. The van der Waals surface area contributed by atoms with Crippen LogP contribution < -0.4 is 9.62 Å². The molecule has 4 heterocycles. The Bertz CT molecular complexity index is 1190. The highest BCUT2D eigenvalue weighted by atomic mass is 32.2. The Morgan fingerprint density at radius 1 is 1.06 bits per heavy atom. The zero-order valence-electron chi connectivity index (χ0n) is 19.4. The summed E-state index contributed by atoms with van der Waals surface area (Å²) in [6.45, 7) is 4.88. The highest BCUT2D eigenvalue weighted by molar-refractivity contribution is 7.90. The molecule has 7 nitrogen and oxygen atoms in total. The molecule has 0 atom stereocenters. The van der Waals surface area contributed by atoms with E-state index in [4.69, 9.17) is 0 Å². The van der Waals surface area contributed by atoms with Gasteiger partial charge < -0.3 is 9.80 Å². The fourth-order valence-corrected chi connectivity index (χ4v) is 8.78. The summed E-state index contributed by atoms with van der Waals surface area (Å²) in [5, 5.41) is 0.566. The van der Waals surface area contributed by atoms with Crippen LogP contribution >= 0.6 is 11.3 Å². The standard InChI is InChI=1S/C23H30F3N5O2S2/c24-23(25,26)8-17-7-19-20(27-14-28-21(19)34-17)31-12-22(13-31)10-30(11-22)9-15-1-3-16(4-2-15)29-35(32,33)18-5-6-18/h7,14-16,18,29H,1-6,8-13H2/t15-,16-. The Kier molecular flexibility index (Phi) is 5.82. The number of fused-ring (bicyclic) bond motifs is 1. The van der Waals surface area contributed by atoms with Crippen molar-refractivity contribution in [2.75, 3.05) is 37.6 Å². The zero-order chi connectivity index (χ0) is 24.4. The molecule has 0 radical (unpaired) electrons. The molecule has 35 heavy (non-hydrogen) atoms. The summed E-state index contributed by atoms with van der Waals surface area (Å²) in [5.74, 6) is 1.36. The first-order valence-electron chi connectivity index (χ1n) is 12.4. The van der Waals surface area contributed by atoms with Crippen LogP contribution in [0.1, 0.15) is 43.4 Å². The van der Waals surface area contributed by atoms with Gasteiger partial charge in [-0.05, 0) is 50.5 Å². The summed E-state index contributed by atoms with van der Waals surface area (Å²) in [4.78, 5) is 14.1. The van der Waals surface area contributed by atoms with Gasteiger partial charge in [0.25, 0.3) is 0 Å². The molecular weight excluding hydrogens is 499 g/mol. The van der Waals surface area contributed by atoms with Gasteiger partial charge in [-0.1, -0.05) is 0 Å². The van der Waals surface area contributed by atoms with Crippen molar-refractivity contribution in [1.29, 1.82) is 0 Å². The number of alkyl halides is 3. The van der Waals surface area contributed by atoms with Gasteiger partial charge in [-0.3, -0.25) is 0 Å². The average molecular weight is 530 g/mol. The Hall–Kier alpha value is -1.50. The number of hydrogen-bond donors (Lipinski definition) is 1. The number of anilines is 1. The van der Waals surface area contributed by atoms with Crippen molar-refractivity contribution in [2.24, 2.45) is 11.3 Å². The number of aromatic nitrogens is 2. The summed E-state index contributed by atoms with van der Waals surface area (Å²) in [7, 11) is -3.10. The van der Waals surface area contributed by atoms with Gasteiger partial charge in [0.1, 0.15) is 17.0 Å². The van der Waals surface area contributed by atoms with E-state index in [1.165, 1.54) is 6.33 Å². The van der Waals surface area contributed by atoms with Gasteiger partial charge in [-0.2, -0.15) is 13.2 Å². The quantitative estimate of drug-likeness (QED) is 0.591. The largest absolute Gasteiger partial charge is 0.393 e. The van der Waals surface area contributed by atoms with E-state index in [0.29, 0.717) is 10.7 Å². The predicted molar refractivity (Wildman–Crippen MR) is 129 cm³/mol. The second-order valence-electron chi connectivity index (χ2n) is 11.0. The first-order chi connectivity index (χ1) is 16.6. The summed E-state index contributed by atoms with van der Waals surface area (Å²) in [6.07, 6.45) is 1.85. The molecule has 2 aliphatic carbocycles. The first-order valence-corrected chi connectivity index (χ1v) is 14.7. The molecular formula is C23H30F3N5O2S2. The summed E-state index contributed by atoms with van der Waals surface area (Å²) in [5.41, 5.74) is 0.249. The number of nitrogens with zero attached hydrogens (tertiary/aromatic N) is 4. The number of nitrogens with one attached hydrogen (secondary N) is 1. The van der Waals surface area contributed by atoms with Crippen LogP contribution in [-0.4, -0.2) is 73.5 Å². The van der Waals surface area contributed by atoms with Crippen LogP contribution in [-0.2, 0) is 16.4 Å². The Balaban J connectivity index is 0.978. The second-order valence-corrected chi connectivity index (χ2v) is 14.1. The molecule has 6 rings (SSSR count). The van der Waals surface area contributed by atoms with Gasteiger partial charge in [0, 0.05) is 49.1 Å². The minimum atomic E-state index is -4.23. The number of likely N-dealkylation sites (tertiary alicyclic amines) is 1. The van der Waals surface area contributed by atoms with E-state index < -0.39 is 22.6 Å². The molecule has 2 aromatic heterocycles. The number of thiophene rings is 1. The Labute approximate surface area is 207 Å². The van der Waals surface area contributed by atoms with Gasteiger partial charge in [-0.15, -0.1) is 11.3 Å². The summed E-state index contributed by atoms with van der Waals surface area (Å²) < 4.78 is 65.7. The van der Waals surface area contributed by atoms with Crippen LogP contribution in [0.25, 0.3) is 10.2 Å². The average Bonchev–Trinajstić information content (AvgIpc) is 3.50. The number of sulfonamides is 1. The normalized spacial score (nSPS) is 27.2. The van der Waals surface area contributed by atoms with E-state index in [2.05, 4.69) is 24.5 Å². The van der Waals surface area contributed by atoms with E-state index >= 15 is 0 Å². The Morgan fingerprint density at radius 2 is 1.77 bits per heavy atom. The SMILES string of the molecule is O=S(=O)(N[C@H]1CC[C@H](CN2CC3(C2)CN(c2ncnc4sc(CC(F)(F)F)cc24)C3)CC1)C1CC1. The predicted octanol–water partition coefficient (Wildman–Crippen LogP) is 3.56. The lowest BCUT2D eigenvalue weighted by Crippen LogP contribution is -2.72. The van der Waals surface area contributed by atoms with E-state index in [1.54, 1.807) is 6.07 Å². The van der Waals surface area contributed by atoms with Gasteiger partial charge >= 0.3 is 6.18 Å². The smallest absolute Gasteiger partial charge is 0.355 e. The first kappa shape index (κ1) is 23.9. The summed E-state index contributed by atoms with van der Waals surface area (Å²) in [6, 6.07) is 1.69. The van der Waals surface area contributed by atoms with E-state index in [1.807, 2.05) is 0 Å². The van der Waals surface area contributed by atoms with Gasteiger partial charge in [-0.25, -0.2) is 23.1 Å². The molecule has 0 aromatic carbocycles. The lowest BCUT2D eigenvalue weighted by Gasteiger charge is -2.61. The highest BCUT2D eigenvalue weighted by Gasteiger charge is 2.52. The maximum Gasteiger partial charge on any atom is 0.393 e. The van der Waals surface area contributed by atoms with Crippen molar-refractivity contribution < 1.29 is 21.6 Å². The molecule has 2 saturated heterocycles. The zero-order valence-corrected chi connectivity index (χ0v) is 21.1. The summed E-state index contributed by atoms with van der Waals surface area (Å²) >= 11 is 1.09. The van der Waals surface area contributed by atoms with Crippen LogP contribution in [0.4, 0.5) is 19.0 Å². The van der Waals surface area contributed by atoms with Crippen molar-refractivity contribution in [2.45, 2.75) is 62.4 Å². The molecule has 1 N–H and O–H groups in total. The third kappa shape index (κ3) is 5.03. The van der Waals surface area contributed by atoms with Gasteiger partial charge in [0.2, 0.25) is 10.0 Å². The molecule has 2 saturated carbocycles. The molecule has 2 aromatic rings. The lowest BCUT2D eigenvalue weighted by atomic mass is 9.72. The van der Waals surface area contributed by atoms with Crippen LogP contribution in [0.15, 0.2) is 12.4 Å². The van der Waals surface area contributed by atoms with Crippen LogP contribution in [0, 0.1) is 11.3 Å². The third-order valence-corrected chi connectivity index (χ3v) is 10.9. The van der Waals surface area contributed by atoms with E-state index in [0.717, 1.165) is 93.8 Å². The van der Waals surface area contributed by atoms with Crippen molar-refractivity contribution >= 4 is 37.4 Å². The van der Waals surface area contributed by atoms with Crippen LogP contribution in [0.3, 0.4) is 0 Å². The number of halogens is 3. The maximum atomic E-state index is 12.8. The molecule has 12 heteroatoms. The maximum absolute atomic E-state index is 12.8. The minimum Gasteiger partial charge on any atom is -0.355 e. The second kappa shape index (κ2) is 8.53. The molecule has 192 valence electrons. The topological polar surface area (TPSA) is 78.4 Å². The van der Waals surface area contributed by atoms with Crippen LogP contribution in [0.5, 0.6) is 0 Å². The number of hydrogen-bond acceptors (Lipinski definition) is 7. The lowest BCUT2D eigenvalue weighted by molar-refractivity contribution is -0.126. The fourth-order valence-electron chi connectivity index (χ4n) is 6.11. The van der Waals surface area contributed by atoms with Crippen LogP contribution in [0.2, 0.25) is 0 Å². The monoisotopic (exact) mass is 529 g/mol. The third-order valence-electron chi connectivity index (χ3n) is 7.86. The van der Waals surface area contributed by atoms with Crippen molar-refractivity contribution in [1.82, 2.24) is 19.6 Å². The van der Waals surface area contributed by atoms with E-state index in [-0.39, 0.29) is 21.6 Å². The van der Waals surface area contributed by atoms with Gasteiger partial charge in [0.15, 0.2) is 0 Å². The molecule has 0 amide bonds. The molecule has 0 bridgehead atoms. The molecule has 4 fully saturated rings. The fraction of sp³-hybridized carbons (Fsp3) is 0.739. The molecule has 4 aliphatic rings. The Morgan fingerprint density at radius 3 is 2.43 bits per heavy atom. The van der Waals surface area contributed by atoms with E-state index in [9.17, 15) is 21.6 Å². The van der Waals surface area contributed by atoms with Gasteiger partial charge in [0.05, 0.1) is 17.1 Å². The molecule has 0 unspecified atom stereocenters.